The zero-order valence-corrected chi connectivity index (χ0v) is 19.0. The summed E-state index contributed by atoms with van der Waals surface area (Å²) in [5.74, 6) is -0.916. The summed E-state index contributed by atoms with van der Waals surface area (Å²) in [5, 5.41) is 9.56. The molecule has 0 aliphatic carbocycles. The Balaban J connectivity index is 1.34. The highest BCUT2D eigenvalue weighted by Crippen LogP contribution is 2.25. The zero-order valence-electron chi connectivity index (χ0n) is 16.9. The number of benzene rings is 3. The smallest absolute Gasteiger partial charge is 0.276 e. The molecule has 0 spiro atoms. The number of nitrogens with one attached hydrogen (secondary N) is 3. The lowest BCUT2D eigenvalue weighted by atomic mass is 10.1. The number of hydrogen-bond acceptors (Lipinski definition) is 4. The van der Waals surface area contributed by atoms with Crippen molar-refractivity contribution in [3.8, 4) is 0 Å². The van der Waals surface area contributed by atoms with Crippen LogP contribution in [0.15, 0.2) is 77.9 Å². The van der Waals surface area contributed by atoms with Gasteiger partial charge >= 0.3 is 0 Å². The fraction of sp³-hybridized carbons (Fsp3) is 0.0833. The van der Waals surface area contributed by atoms with Gasteiger partial charge in [0.15, 0.2) is 5.71 Å². The van der Waals surface area contributed by atoms with E-state index in [0.717, 1.165) is 9.13 Å². The summed E-state index contributed by atoms with van der Waals surface area (Å²) < 4.78 is 0.957. The lowest BCUT2D eigenvalue weighted by Gasteiger charge is -2.07. The van der Waals surface area contributed by atoms with E-state index in [0.29, 0.717) is 35.3 Å². The van der Waals surface area contributed by atoms with Crippen molar-refractivity contribution in [2.45, 2.75) is 12.8 Å². The number of fused-ring (bicyclic) bond motifs is 1. The second kappa shape index (κ2) is 9.73. The molecule has 1 aliphatic rings. The van der Waals surface area contributed by atoms with Crippen molar-refractivity contribution in [3.63, 3.8) is 0 Å². The van der Waals surface area contributed by atoms with Crippen molar-refractivity contribution < 1.29 is 14.4 Å². The molecule has 0 bridgehead atoms. The second-order valence-electron chi connectivity index (χ2n) is 7.16. The number of hydrazone groups is 1. The highest BCUT2D eigenvalue weighted by Gasteiger charge is 2.26. The average molecular weight is 538 g/mol. The maximum absolute atomic E-state index is 12.4. The molecule has 0 fully saturated rings. The normalized spacial score (nSPS) is 13.4. The van der Waals surface area contributed by atoms with Gasteiger partial charge in [0.2, 0.25) is 5.91 Å². The third kappa shape index (κ3) is 5.20. The van der Waals surface area contributed by atoms with E-state index in [9.17, 15) is 14.4 Å². The molecule has 0 unspecified atom stereocenters. The first kappa shape index (κ1) is 21.7. The molecule has 1 aliphatic heterocycles. The first-order valence-electron chi connectivity index (χ1n) is 9.93. The molecule has 3 amide bonds. The van der Waals surface area contributed by atoms with E-state index in [1.54, 1.807) is 30.3 Å². The maximum Gasteiger partial charge on any atom is 0.276 e. The van der Waals surface area contributed by atoms with Gasteiger partial charge in [0.05, 0.1) is 5.69 Å². The number of anilines is 2. The van der Waals surface area contributed by atoms with Crippen LogP contribution in [0.2, 0.25) is 0 Å². The Labute approximate surface area is 198 Å². The maximum atomic E-state index is 12.4. The Kier molecular flexibility index (Phi) is 6.60. The fourth-order valence-electron chi connectivity index (χ4n) is 3.24. The van der Waals surface area contributed by atoms with Crippen molar-refractivity contribution in [2.24, 2.45) is 5.10 Å². The number of amides is 3. The summed E-state index contributed by atoms with van der Waals surface area (Å²) in [6, 6.07) is 21.8. The first-order valence-corrected chi connectivity index (χ1v) is 11.0. The van der Waals surface area contributed by atoms with Gasteiger partial charge in [-0.2, -0.15) is 5.10 Å². The van der Waals surface area contributed by atoms with Crippen LogP contribution in [0.5, 0.6) is 0 Å². The van der Waals surface area contributed by atoms with Gasteiger partial charge in [-0.1, -0.05) is 30.3 Å². The molecule has 32 heavy (non-hydrogen) atoms. The van der Waals surface area contributed by atoms with Crippen LogP contribution < -0.4 is 16.1 Å². The molecule has 3 N–H and O–H groups in total. The molecule has 0 radical (unpaired) electrons. The number of aryl methyl sites for hydroxylation is 1. The Morgan fingerprint density at radius 3 is 2.47 bits per heavy atom. The largest absolute Gasteiger partial charge is 0.326 e. The van der Waals surface area contributed by atoms with Gasteiger partial charge in [-0.05, 0) is 77.0 Å². The molecule has 160 valence electrons. The summed E-state index contributed by atoms with van der Waals surface area (Å²) in [6.45, 7) is 0. The van der Waals surface area contributed by atoms with E-state index in [1.165, 1.54) is 0 Å². The summed E-state index contributed by atoms with van der Waals surface area (Å²) in [5.41, 5.74) is 5.96. The van der Waals surface area contributed by atoms with Crippen LogP contribution in [-0.4, -0.2) is 23.4 Å². The number of halogens is 1. The molecule has 7 nitrogen and oxygen atoms in total. The van der Waals surface area contributed by atoms with Crippen molar-refractivity contribution >= 4 is 57.4 Å². The Morgan fingerprint density at radius 1 is 0.969 bits per heavy atom. The van der Waals surface area contributed by atoms with Gasteiger partial charge in [-0.15, -0.1) is 0 Å². The molecule has 3 aromatic rings. The SMILES string of the molecule is O=C(CCc1ccccc1)Nc1ccc(C(=O)N/N=C2\C(=O)Nc3ccc(I)cc32)cc1. The topological polar surface area (TPSA) is 99.7 Å². The molecule has 0 saturated carbocycles. The third-order valence-electron chi connectivity index (χ3n) is 4.88. The molecular formula is C24H19IN4O3. The molecule has 4 rings (SSSR count). The summed E-state index contributed by atoms with van der Waals surface area (Å²) in [7, 11) is 0. The molecule has 3 aromatic carbocycles. The fourth-order valence-corrected chi connectivity index (χ4v) is 3.73. The van der Waals surface area contributed by atoms with Crippen molar-refractivity contribution in [1.82, 2.24) is 5.43 Å². The standard InChI is InChI=1S/C24H19IN4O3/c25-17-9-12-20-19(14-17)22(24(32)27-20)28-29-23(31)16-7-10-18(11-8-16)26-21(30)13-6-15-4-2-1-3-5-15/h1-5,7-12,14H,6,13H2,(H,26,30)(H,29,31)(H,27,28,32). The minimum atomic E-state index is -0.452. The molecule has 1 heterocycles. The van der Waals surface area contributed by atoms with Crippen LogP contribution in [0.4, 0.5) is 11.4 Å². The van der Waals surface area contributed by atoms with Crippen LogP contribution in [0, 0.1) is 3.57 Å². The van der Waals surface area contributed by atoms with Crippen LogP contribution in [-0.2, 0) is 16.0 Å². The predicted molar refractivity (Wildman–Crippen MR) is 132 cm³/mol. The highest BCUT2D eigenvalue weighted by atomic mass is 127. The van der Waals surface area contributed by atoms with Crippen molar-refractivity contribution in [3.05, 3.63) is 93.1 Å². The van der Waals surface area contributed by atoms with Crippen molar-refractivity contribution in [1.29, 1.82) is 0 Å². The van der Waals surface area contributed by atoms with E-state index in [-0.39, 0.29) is 17.5 Å². The van der Waals surface area contributed by atoms with Gasteiger partial charge < -0.3 is 10.6 Å². The molecule has 8 heteroatoms. The Morgan fingerprint density at radius 2 is 1.72 bits per heavy atom. The van der Waals surface area contributed by atoms with Gasteiger partial charge in [0.1, 0.15) is 0 Å². The van der Waals surface area contributed by atoms with Gasteiger partial charge in [0, 0.05) is 26.8 Å². The lowest BCUT2D eigenvalue weighted by molar-refractivity contribution is -0.116. The molecular weight excluding hydrogens is 519 g/mol. The highest BCUT2D eigenvalue weighted by molar-refractivity contribution is 14.1. The van der Waals surface area contributed by atoms with Crippen LogP contribution in [0.25, 0.3) is 0 Å². The molecule has 0 saturated heterocycles. The first-order chi connectivity index (χ1) is 15.5. The minimum absolute atomic E-state index is 0.0991. The van der Waals surface area contributed by atoms with Gasteiger partial charge in [-0.25, -0.2) is 5.43 Å². The van der Waals surface area contributed by atoms with Gasteiger partial charge in [-0.3, -0.25) is 14.4 Å². The van der Waals surface area contributed by atoms with E-state index < -0.39 is 5.91 Å². The Hall–Kier alpha value is -3.53. The van der Waals surface area contributed by atoms with Gasteiger partial charge in [0.25, 0.3) is 11.8 Å². The number of hydrogen-bond donors (Lipinski definition) is 3. The van der Waals surface area contributed by atoms with E-state index in [2.05, 4.69) is 43.8 Å². The molecule has 0 aromatic heterocycles. The molecule has 0 atom stereocenters. The van der Waals surface area contributed by atoms with Crippen LogP contribution in [0.3, 0.4) is 0 Å². The number of carbonyl (C=O) groups excluding carboxylic acids is 3. The monoisotopic (exact) mass is 538 g/mol. The quantitative estimate of drug-likeness (QED) is 0.328. The summed E-state index contributed by atoms with van der Waals surface area (Å²) in [6.07, 6.45) is 1.02. The number of carbonyl (C=O) groups is 3. The third-order valence-corrected chi connectivity index (χ3v) is 5.55. The summed E-state index contributed by atoms with van der Waals surface area (Å²) in [4.78, 5) is 36.8. The average Bonchev–Trinajstić information content (AvgIpc) is 3.11. The van der Waals surface area contributed by atoms with E-state index in [4.69, 9.17) is 0 Å². The second-order valence-corrected chi connectivity index (χ2v) is 8.40. The van der Waals surface area contributed by atoms with Crippen LogP contribution >= 0.6 is 22.6 Å². The van der Waals surface area contributed by atoms with Crippen LogP contribution in [0.1, 0.15) is 27.9 Å². The Bertz CT molecular complexity index is 1210. The lowest BCUT2D eigenvalue weighted by Crippen LogP contribution is -2.23. The van der Waals surface area contributed by atoms with E-state index in [1.807, 2.05) is 42.5 Å². The number of rotatable bonds is 6. The minimum Gasteiger partial charge on any atom is -0.326 e. The summed E-state index contributed by atoms with van der Waals surface area (Å²) >= 11 is 2.15. The number of nitrogens with zero attached hydrogens (tertiary/aromatic N) is 1. The van der Waals surface area contributed by atoms with Crippen molar-refractivity contribution in [2.75, 3.05) is 10.6 Å². The zero-order chi connectivity index (χ0) is 22.5. The predicted octanol–water partition coefficient (Wildman–Crippen LogP) is 3.95. The van der Waals surface area contributed by atoms with E-state index >= 15 is 0 Å².